The maximum Gasteiger partial charge on any atom is 0.0701 e. The van der Waals surface area contributed by atoms with E-state index in [1.54, 1.807) is 7.11 Å². The summed E-state index contributed by atoms with van der Waals surface area (Å²) in [4.78, 5) is 2.44. The van der Waals surface area contributed by atoms with Crippen LogP contribution >= 0.6 is 0 Å². The Balaban J connectivity index is 3.13. The average molecular weight is 576 g/mol. The van der Waals surface area contributed by atoms with Crippen LogP contribution in [-0.4, -0.2) is 105 Å². The van der Waals surface area contributed by atoms with Crippen molar-refractivity contribution in [1.29, 1.82) is 0 Å². The number of hydrogen-bond acceptors (Lipinski definition) is 7. The molecule has 0 atom stereocenters. The highest BCUT2D eigenvalue weighted by Crippen LogP contribution is 2.13. The fraction of sp³-hybridized carbons (Fsp3) is 1.00. The molecule has 0 aromatic heterocycles. The van der Waals surface area contributed by atoms with Gasteiger partial charge < -0.3 is 33.3 Å². The van der Waals surface area contributed by atoms with Gasteiger partial charge >= 0.3 is 0 Å². The molecule has 242 valence electrons. The van der Waals surface area contributed by atoms with E-state index in [4.69, 9.17) is 28.4 Å². The van der Waals surface area contributed by atoms with Crippen molar-refractivity contribution in [3.63, 3.8) is 0 Å². The normalized spacial score (nSPS) is 11.7. The van der Waals surface area contributed by atoms with Gasteiger partial charge in [-0.05, 0) is 26.4 Å². The van der Waals surface area contributed by atoms with Crippen molar-refractivity contribution in [2.24, 2.45) is 0 Å². The van der Waals surface area contributed by atoms with Crippen LogP contribution in [0.4, 0.5) is 0 Å². The molecule has 0 rings (SSSR count). The molecule has 0 aromatic rings. The second-order valence-electron chi connectivity index (χ2n) is 11.0. The minimum atomic E-state index is 0.574. The molecule has 0 radical (unpaired) electrons. The summed E-state index contributed by atoms with van der Waals surface area (Å²) in [6.45, 7) is 11.4. The standard InChI is InChI=1S/C33H69NO6/c1-4-5-6-7-8-9-10-11-12-13-14-15-16-17-18-19-21-34(2)22-20-23-36-26-27-38-30-31-40-33-32-39-29-28-37-25-24-35-3/h4-33H2,1-3H3. The van der Waals surface area contributed by atoms with E-state index in [0.29, 0.717) is 66.1 Å². The zero-order valence-electron chi connectivity index (χ0n) is 27.1. The second-order valence-corrected chi connectivity index (χ2v) is 11.0. The molecule has 0 aliphatic carbocycles. The van der Waals surface area contributed by atoms with Crippen molar-refractivity contribution in [3.05, 3.63) is 0 Å². The fourth-order valence-corrected chi connectivity index (χ4v) is 4.60. The zero-order valence-corrected chi connectivity index (χ0v) is 27.1. The SMILES string of the molecule is CCCCCCCCCCCCCCCCCCN(C)CCCOCCOCCOCCOCCOCCOC. The van der Waals surface area contributed by atoms with Crippen LogP contribution in [0.5, 0.6) is 0 Å². The van der Waals surface area contributed by atoms with Crippen LogP contribution < -0.4 is 0 Å². The summed E-state index contributed by atoms with van der Waals surface area (Å²) in [5, 5.41) is 0. The first-order valence-electron chi connectivity index (χ1n) is 16.9. The minimum Gasteiger partial charge on any atom is -0.382 e. The van der Waals surface area contributed by atoms with Crippen molar-refractivity contribution in [3.8, 4) is 0 Å². The largest absolute Gasteiger partial charge is 0.382 e. The Hall–Kier alpha value is -0.280. The van der Waals surface area contributed by atoms with Crippen LogP contribution in [0.1, 0.15) is 116 Å². The number of rotatable bonds is 36. The Morgan fingerprint density at radius 1 is 0.350 bits per heavy atom. The molecule has 40 heavy (non-hydrogen) atoms. The van der Waals surface area contributed by atoms with Crippen LogP contribution in [-0.2, 0) is 28.4 Å². The van der Waals surface area contributed by atoms with Crippen LogP contribution in [0.2, 0.25) is 0 Å². The lowest BCUT2D eigenvalue weighted by molar-refractivity contribution is -0.0149. The smallest absolute Gasteiger partial charge is 0.0701 e. The molecule has 0 aromatic carbocycles. The predicted molar refractivity (Wildman–Crippen MR) is 168 cm³/mol. The maximum absolute atomic E-state index is 5.69. The first-order valence-corrected chi connectivity index (χ1v) is 16.9. The lowest BCUT2D eigenvalue weighted by Crippen LogP contribution is -2.22. The molecule has 7 nitrogen and oxygen atoms in total. The number of unbranched alkanes of at least 4 members (excludes halogenated alkanes) is 15. The Bertz CT molecular complexity index is 443. The predicted octanol–water partition coefficient (Wildman–Crippen LogP) is 7.30. The third-order valence-electron chi connectivity index (χ3n) is 7.14. The maximum atomic E-state index is 5.69. The van der Waals surface area contributed by atoms with Gasteiger partial charge in [0.05, 0.1) is 66.1 Å². The number of hydrogen-bond donors (Lipinski definition) is 0. The van der Waals surface area contributed by atoms with Gasteiger partial charge in [0, 0.05) is 20.3 Å². The zero-order chi connectivity index (χ0) is 29.0. The van der Waals surface area contributed by atoms with E-state index in [1.807, 2.05) is 0 Å². The van der Waals surface area contributed by atoms with Gasteiger partial charge in [-0.25, -0.2) is 0 Å². The molecule has 0 amide bonds. The Kier molecular flexibility index (Phi) is 36.5. The summed E-state index contributed by atoms with van der Waals surface area (Å²) in [6.07, 6.45) is 23.9. The molecule has 0 saturated heterocycles. The van der Waals surface area contributed by atoms with Crippen molar-refractivity contribution in [2.45, 2.75) is 116 Å². The second kappa shape index (κ2) is 36.7. The van der Waals surface area contributed by atoms with Gasteiger partial charge in [0.2, 0.25) is 0 Å². The van der Waals surface area contributed by atoms with E-state index < -0.39 is 0 Å². The summed E-state index contributed by atoms with van der Waals surface area (Å²) in [6, 6.07) is 0. The molecule has 0 fully saturated rings. The number of ether oxygens (including phenoxy) is 6. The van der Waals surface area contributed by atoms with Gasteiger partial charge in [0.15, 0.2) is 0 Å². The van der Waals surface area contributed by atoms with E-state index in [0.717, 1.165) is 19.6 Å². The molecule has 0 spiro atoms. The monoisotopic (exact) mass is 576 g/mol. The first-order chi connectivity index (χ1) is 19.8. The van der Waals surface area contributed by atoms with Gasteiger partial charge in [0.25, 0.3) is 0 Å². The quantitative estimate of drug-likeness (QED) is 0.0727. The molecule has 0 heterocycles. The van der Waals surface area contributed by atoms with Crippen molar-refractivity contribution >= 4 is 0 Å². The van der Waals surface area contributed by atoms with Crippen LogP contribution in [0, 0.1) is 0 Å². The minimum absolute atomic E-state index is 0.574. The Morgan fingerprint density at radius 3 is 1.02 bits per heavy atom. The molecule has 0 N–H and O–H groups in total. The van der Waals surface area contributed by atoms with Crippen LogP contribution in [0.25, 0.3) is 0 Å². The van der Waals surface area contributed by atoms with Gasteiger partial charge in [-0.1, -0.05) is 103 Å². The highest BCUT2D eigenvalue weighted by Gasteiger charge is 2.00. The Labute approximate surface area is 249 Å². The summed E-state index contributed by atoms with van der Waals surface area (Å²) >= 11 is 0. The molecular weight excluding hydrogens is 506 g/mol. The third-order valence-corrected chi connectivity index (χ3v) is 7.14. The van der Waals surface area contributed by atoms with Crippen molar-refractivity contribution in [2.75, 3.05) is 99.9 Å². The van der Waals surface area contributed by atoms with Gasteiger partial charge in [-0.2, -0.15) is 0 Å². The molecule has 0 saturated carbocycles. The topological polar surface area (TPSA) is 58.6 Å². The van der Waals surface area contributed by atoms with Crippen molar-refractivity contribution < 1.29 is 28.4 Å². The van der Waals surface area contributed by atoms with E-state index in [1.165, 1.54) is 109 Å². The van der Waals surface area contributed by atoms with Crippen LogP contribution in [0.15, 0.2) is 0 Å². The Morgan fingerprint density at radius 2 is 0.650 bits per heavy atom. The average Bonchev–Trinajstić information content (AvgIpc) is 2.96. The fourth-order valence-electron chi connectivity index (χ4n) is 4.60. The molecule has 7 heteroatoms. The lowest BCUT2D eigenvalue weighted by atomic mass is 10.0. The molecule has 0 aliphatic heterocycles. The van der Waals surface area contributed by atoms with Gasteiger partial charge in [0.1, 0.15) is 0 Å². The third kappa shape index (κ3) is 35.7. The van der Waals surface area contributed by atoms with Gasteiger partial charge in [-0.15, -0.1) is 0 Å². The lowest BCUT2D eigenvalue weighted by Gasteiger charge is -2.16. The first kappa shape index (κ1) is 39.7. The number of methoxy groups -OCH3 is 1. The molecular formula is C33H69NO6. The number of nitrogens with zero attached hydrogens (tertiary/aromatic N) is 1. The summed E-state index contributed by atoms with van der Waals surface area (Å²) in [5.74, 6) is 0. The molecule has 0 bridgehead atoms. The van der Waals surface area contributed by atoms with E-state index in [2.05, 4.69) is 18.9 Å². The summed E-state index contributed by atoms with van der Waals surface area (Å²) in [5.41, 5.74) is 0. The molecule has 0 aliphatic rings. The van der Waals surface area contributed by atoms with Crippen LogP contribution in [0.3, 0.4) is 0 Å². The highest BCUT2D eigenvalue weighted by atomic mass is 16.6. The summed E-state index contributed by atoms with van der Waals surface area (Å²) in [7, 11) is 3.90. The van der Waals surface area contributed by atoms with Crippen molar-refractivity contribution in [1.82, 2.24) is 4.90 Å². The highest BCUT2D eigenvalue weighted by molar-refractivity contribution is 4.54. The molecule has 0 unspecified atom stereocenters. The van der Waals surface area contributed by atoms with E-state index >= 15 is 0 Å². The van der Waals surface area contributed by atoms with E-state index in [-0.39, 0.29) is 0 Å². The summed E-state index contributed by atoms with van der Waals surface area (Å²) < 4.78 is 32.4. The van der Waals surface area contributed by atoms with E-state index in [9.17, 15) is 0 Å². The van der Waals surface area contributed by atoms with Gasteiger partial charge in [-0.3, -0.25) is 0 Å².